The second kappa shape index (κ2) is 6.66. The predicted octanol–water partition coefficient (Wildman–Crippen LogP) is 4.47. The van der Waals surface area contributed by atoms with Crippen molar-refractivity contribution in [1.29, 1.82) is 0 Å². The van der Waals surface area contributed by atoms with Gasteiger partial charge < -0.3 is 5.32 Å². The Morgan fingerprint density at radius 1 is 1.40 bits per heavy atom. The minimum Gasteiger partial charge on any atom is -0.344 e. The first-order valence-electron chi connectivity index (χ1n) is 6.72. The van der Waals surface area contributed by atoms with E-state index in [1.807, 2.05) is 17.5 Å². The highest BCUT2D eigenvalue weighted by Crippen LogP contribution is 2.23. The summed E-state index contributed by atoms with van der Waals surface area (Å²) in [4.78, 5) is 13.4. The summed E-state index contributed by atoms with van der Waals surface area (Å²) >= 11 is 1.64. The monoisotopic (exact) mass is 291 g/mol. The van der Waals surface area contributed by atoms with Crippen LogP contribution in [0.4, 0.5) is 4.39 Å². The van der Waals surface area contributed by atoms with Crippen molar-refractivity contribution >= 4 is 17.2 Å². The van der Waals surface area contributed by atoms with Gasteiger partial charge in [-0.15, -0.1) is 11.3 Å². The van der Waals surface area contributed by atoms with Crippen molar-refractivity contribution in [2.24, 2.45) is 0 Å². The molecule has 1 heterocycles. The Bertz CT molecular complexity index is 580. The molecule has 1 N–H and O–H groups in total. The van der Waals surface area contributed by atoms with E-state index in [1.54, 1.807) is 24.3 Å². The number of hydrogen-bond acceptors (Lipinski definition) is 2. The Hall–Kier alpha value is -1.68. The summed E-state index contributed by atoms with van der Waals surface area (Å²) in [5, 5.41) is 5.04. The SMILES string of the molecule is CCCC(NC(=O)c1ccc(F)c(C)c1)c1cccs1. The first-order valence-corrected chi connectivity index (χ1v) is 7.60. The third-order valence-corrected chi connectivity index (χ3v) is 4.18. The predicted molar refractivity (Wildman–Crippen MR) is 80.6 cm³/mol. The Morgan fingerprint density at radius 2 is 2.20 bits per heavy atom. The molecule has 1 aromatic heterocycles. The number of amides is 1. The molecule has 1 amide bonds. The van der Waals surface area contributed by atoms with Crippen molar-refractivity contribution in [1.82, 2.24) is 5.32 Å². The molecule has 4 heteroatoms. The van der Waals surface area contributed by atoms with Crippen LogP contribution in [0.2, 0.25) is 0 Å². The number of carbonyl (C=O) groups is 1. The summed E-state index contributed by atoms with van der Waals surface area (Å²) in [6, 6.07) is 8.48. The van der Waals surface area contributed by atoms with Gasteiger partial charge in [0.1, 0.15) is 5.82 Å². The highest BCUT2D eigenvalue weighted by Gasteiger charge is 2.16. The first-order chi connectivity index (χ1) is 9.61. The second-order valence-electron chi connectivity index (χ2n) is 4.79. The smallest absolute Gasteiger partial charge is 0.251 e. The Morgan fingerprint density at radius 3 is 2.80 bits per heavy atom. The van der Waals surface area contributed by atoms with E-state index in [9.17, 15) is 9.18 Å². The van der Waals surface area contributed by atoms with Crippen LogP contribution in [0.3, 0.4) is 0 Å². The van der Waals surface area contributed by atoms with Gasteiger partial charge >= 0.3 is 0 Å². The van der Waals surface area contributed by atoms with E-state index >= 15 is 0 Å². The summed E-state index contributed by atoms with van der Waals surface area (Å²) in [6.45, 7) is 3.75. The van der Waals surface area contributed by atoms with Crippen LogP contribution in [0.1, 0.15) is 46.6 Å². The van der Waals surface area contributed by atoms with Gasteiger partial charge in [0.2, 0.25) is 0 Å². The minimum atomic E-state index is -0.287. The molecule has 0 spiro atoms. The number of aryl methyl sites for hydroxylation is 1. The molecule has 0 aliphatic heterocycles. The maximum absolute atomic E-state index is 13.2. The average molecular weight is 291 g/mol. The van der Waals surface area contributed by atoms with Crippen LogP contribution in [0.15, 0.2) is 35.7 Å². The van der Waals surface area contributed by atoms with Crippen molar-refractivity contribution in [3.8, 4) is 0 Å². The van der Waals surface area contributed by atoms with Gasteiger partial charge in [-0.2, -0.15) is 0 Å². The van der Waals surface area contributed by atoms with Crippen LogP contribution in [-0.2, 0) is 0 Å². The van der Waals surface area contributed by atoms with Crippen LogP contribution in [0, 0.1) is 12.7 Å². The van der Waals surface area contributed by atoms with Crippen molar-refractivity contribution in [3.63, 3.8) is 0 Å². The molecule has 1 aromatic carbocycles. The quantitative estimate of drug-likeness (QED) is 0.865. The van der Waals surface area contributed by atoms with Gasteiger partial charge in [-0.05, 0) is 48.6 Å². The molecular weight excluding hydrogens is 273 g/mol. The third-order valence-electron chi connectivity index (χ3n) is 3.19. The average Bonchev–Trinajstić information content (AvgIpc) is 2.95. The largest absolute Gasteiger partial charge is 0.344 e. The van der Waals surface area contributed by atoms with Crippen LogP contribution >= 0.6 is 11.3 Å². The number of carbonyl (C=O) groups excluding carboxylic acids is 1. The van der Waals surface area contributed by atoms with E-state index < -0.39 is 0 Å². The first kappa shape index (κ1) is 14.7. The van der Waals surface area contributed by atoms with Crippen molar-refractivity contribution < 1.29 is 9.18 Å². The van der Waals surface area contributed by atoms with Gasteiger partial charge in [-0.1, -0.05) is 19.4 Å². The van der Waals surface area contributed by atoms with Crippen molar-refractivity contribution in [3.05, 3.63) is 57.5 Å². The second-order valence-corrected chi connectivity index (χ2v) is 5.77. The van der Waals surface area contributed by atoms with Crippen molar-refractivity contribution in [2.75, 3.05) is 0 Å². The molecule has 0 aliphatic rings. The highest BCUT2D eigenvalue weighted by atomic mass is 32.1. The molecule has 20 heavy (non-hydrogen) atoms. The molecule has 2 nitrogen and oxygen atoms in total. The zero-order valence-electron chi connectivity index (χ0n) is 11.7. The summed E-state index contributed by atoms with van der Waals surface area (Å²) < 4.78 is 13.2. The topological polar surface area (TPSA) is 29.1 Å². The Labute approximate surface area is 122 Å². The van der Waals surface area contributed by atoms with Crippen molar-refractivity contribution in [2.45, 2.75) is 32.7 Å². The summed E-state index contributed by atoms with van der Waals surface area (Å²) in [5.74, 6) is -0.440. The van der Waals surface area contributed by atoms with E-state index in [-0.39, 0.29) is 17.8 Å². The molecule has 0 aliphatic carbocycles. The fourth-order valence-electron chi connectivity index (χ4n) is 2.09. The summed E-state index contributed by atoms with van der Waals surface area (Å²) in [7, 11) is 0. The van der Waals surface area contributed by atoms with E-state index in [1.165, 1.54) is 12.1 Å². The molecule has 2 rings (SSSR count). The summed E-state index contributed by atoms with van der Waals surface area (Å²) in [6.07, 6.45) is 1.89. The number of halogens is 1. The number of thiophene rings is 1. The van der Waals surface area contributed by atoms with E-state index in [0.29, 0.717) is 11.1 Å². The van der Waals surface area contributed by atoms with Gasteiger partial charge in [0.25, 0.3) is 5.91 Å². The fourth-order valence-corrected chi connectivity index (χ4v) is 2.90. The molecule has 0 radical (unpaired) electrons. The van der Waals surface area contributed by atoms with E-state index in [0.717, 1.165) is 17.7 Å². The maximum Gasteiger partial charge on any atom is 0.251 e. The Balaban J connectivity index is 2.13. The molecule has 1 unspecified atom stereocenters. The lowest BCUT2D eigenvalue weighted by Crippen LogP contribution is -2.28. The molecule has 106 valence electrons. The zero-order valence-corrected chi connectivity index (χ0v) is 12.5. The Kier molecular flexibility index (Phi) is 4.90. The fraction of sp³-hybridized carbons (Fsp3) is 0.312. The number of nitrogens with one attached hydrogen (secondary N) is 1. The molecule has 1 atom stereocenters. The molecule has 0 saturated carbocycles. The molecule has 0 fully saturated rings. The van der Waals surface area contributed by atoms with E-state index in [2.05, 4.69) is 12.2 Å². The van der Waals surface area contributed by atoms with Gasteiger partial charge in [-0.3, -0.25) is 4.79 Å². The lowest BCUT2D eigenvalue weighted by molar-refractivity contribution is 0.0935. The molecular formula is C16H18FNOS. The van der Waals surface area contributed by atoms with Crippen LogP contribution in [0.25, 0.3) is 0 Å². The molecule has 0 bridgehead atoms. The number of rotatable bonds is 5. The molecule has 0 saturated heterocycles. The van der Waals surface area contributed by atoms with Crippen LogP contribution in [-0.4, -0.2) is 5.91 Å². The number of hydrogen-bond donors (Lipinski definition) is 1. The third kappa shape index (κ3) is 3.45. The van der Waals surface area contributed by atoms with Gasteiger partial charge in [0.05, 0.1) is 6.04 Å². The van der Waals surface area contributed by atoms with Gasteiger partial charge in [-0.25, -0.2) is 4.39 Å². The zero-order chi connectivity index (χ0) is 14.5. The highest BCUT2D eigenvalue weighted by molar-refractivity contribution is 7.10. The standard InChI is InChI=1S/C16H18FNOS/c1-3-5-14(15-6-4-9-20-15)18-16(19)12-7-8-13(17)11(2)10-12/h4,6-10,14H,3,5H2,1-2H3,(H,18,19). The normalized spacial score (nSPS) is 12.2. The van der Waals surface area contributed by atoms with Gasteiger partial charge in [0.15, 0.2) is 0 Å². The van der Waals surface area contributed by atoms with Crippen LogP contribution < -0.4 is 5.32 Å². The minimum absolute atomic E-state index is 0.0258. The summed E-state index contributed by atoms with van der Waals surface area (Å²) in [5.41, 5.74) is 0.988. The lowest BCUT2D eigenvalue weighted by atomic mass is 10.1. The maximum atomic E-state index is 13.2. The van der Waals surface area contributed by atoms with Gasteiger partial charge in [0, 0.05) is 10.4 Å². The molecule has 2 aromatic rings. The van der Waals surface area contributed by atoms with Crippen LogP contribution in [0.5, 0.6) is 0 Å². The van der Waals surface area contributed by atoms with E-state index in [4.69, 9.17) is 0 Å². The lowest BCUT2D eigenvalue weighted by Gasteiger charge is -2.17. The number of benzene rings is 1.